The Hall–Kier alpha value is -1.97. The number of amides is 1. The van der Waals surface area contributed by atoms with Crippen LogP contribution >= 0.6 is 0 Å². The summed E-state index contributed by atoms with van der Waals surface area (Å²) in [6, 6.07) is 10.1. The lowest BCUT2D eigenvalue weighted by Gasteiger charge is -2.40. The summed E-state index contributed by atoms with van der Waals surface area (Å²) in [6.07, 6.45) is 2.80. The molecule has 4 heteroatoms. The zero-order valence-corrected chi connectivity index (χ0v) is 13.5. The molecule has 0 bridgehead atoms. The molecular formula is C18H25NO3. The van der Waals surface area contributed by atoms with Crippen molar-refractivity contribution in [2.45, 2.75) is 38.1 Å². The molecule has 0 aliphatic carbocycles. The molecule has 1 saturated heterocycles. The third-order valence-electron chi connectivity index (χ3n) is 4.20. The molecule has 22 heavy (non-hydrogen) atoms. The van der Waals surface area contributed by atoms with Crippen molar-refractivity contribution in [3.05, 3.63) is 48.2 Å². The van der Waals surface area contributed by atoms with Crippen LogP contribution in [0.4, 0.5) is 4.79 Å². The maximum Gasteiger partial charge on any atom is 0.410 e. The van der Waals surface area contributed by atoms with Gasteiger partial charge >= 0.3 is 6.09 Å². The fourth-order valence-corrected chi connectivity index (χ4v) is 3.15. The predicted molar refractivity (Wildman–Crippen MR) is 86.7 cm³/mol. The van der Waals surface area contributed by atoms with E-state index < -0.39 is 0 Å². The Morgan fingerprint density at radius 3 is 2.73 bits per heavy atom. The molecule has 1 aliphatic rings. The first-order valence-corrected chi connectivity index (χ1v) is 7.90. The summed E-state index contributed by atoms with van der Waals surface area (Å²) in [5.41, 5.74) is 1.12. The average Bonchev–Trinajstić information content (AvgIpc) is 2.56. The highest BCUT2D eigenvalue weighted by atomic mass is 16.6. The summed E-state index contributed by atoms with van der Waals surface area (Å²) in [7, 11) is 1.63. The SMILES string of the molecule is C=C(OC)C(c1ccccc1)C1CCCCN1C(=O)OCC. The topological polar surface area (TPSA) is 38.8 Å². The Kier molecular flexibility index (Phi) is 5.87. The molecule has 2 unspecified atom stereocenters. The van der Waals surface area contributed by atoms with Gasteiger partial charge in [0.1, 0.15) is 0 Å². The van der Waals surface area contributed by atoms with Crippen LogP contribution in [0.15, 0.2) is 42.7 Å². The van der Waals surface area contributed by atoms with E-state index in [9.17, 15) is 4.79 Å². The van der Waals surface area contributed by atoms with Crippen molar-refractivity contribution in [1.82, 2.24) is 4.90 Å². The minimum absolute atomic E-state index is 0.0302. The Morgan fingerprint density at radius 1 is 1.36 bits per heavy atom. The van der Waals surface area contributed by atoms with Crippen molar-refractivity contribution in [2.24, 2.45) is 0 Å². The van der Waals surface area contributed by atoms with Crippen LogP contribution in [-0.2, 0) is 9.47 Å². The van der Waals surface area contributed by atoms with Crippen molar-refractivity contribution in [2.75, 3.05) is 20.3 Å². The van der Waals surface area contributed by atoms with E-state index >= 15 is 0 Å². The molecule has 0 saturated carbocycles. The third-order valence-corrected chi connectivity index (χ3v) is 4.20. The highest BCUT2D eigenvalue weighted by molar-refractivity contribution is 5.68. The fraction of sp³-hybridized carbons (Fsp3) is 0.500. The van der Waals surface area contributed by atoms with E-state index in [0.29, 0.717) is 12.4 Å². The molecule has 1 fully saturated rings. The number of carbonyl (C=O) groups is 1. The lowest BCUT2D eigenvalue weighted by molar-refractivity contribution is 0.0664. The van der Waals surface area contributed by atoms with Crippen LogP contribution in [-0.4, -0.2) is 37.3 Å². The molecule has 2 rings (SSSR count). The molecule has 1 aromatic carbocycles. The zero-order chi connectivity index (χ0) is 15.9. The van der Waals surface area contributed by atoms with Gasteiger partial charge < -0.3 is 14.4 Å². The van der Waals surface area contributed by atoms with Crippen molar-refractivity contribution in [3.8, 4) is 0 Å². The predicted octanol–water partition coefficient (Wildman–Crippen LogP) is 3.94. The first-order chi connectivity index (χ1) is 10.7. The van der Waals surface area contributed by atoms with Gasteiger partial charge in [0.2, 0.25) is 0 Å². The molecule has 2 atom stereocenters. The van der Waals surface area contributed by atoms with E-state index in [2.05, 4.69) is 18.7 Å². The summed E-state index contributed by atoms with van der Waals surface area (Å²) in [5, 5.41) is 0. The number of methoxy groups -OCH3 is 1. The number of hydrogen-bond donors (Lipinski definition) is 0. The van der Waals surface area contributed by atoms with Crippen LogP contribution < -0.4 is 0 Å². The molecule has 1 aliphatic heterocycles. The fourth-order valence-electron chi connectivity index (χ4n) is 3.15. The van der Waals surface area contributed by atoms with Gasteiger partial charge in [0.05, 0.1) is 25.4 Å². The normalized spacial score (nSPS) is 19.4. The maximum atomic E-state index is 12.3. The van der Waals surface area contributed by atoms with Gasteiger partial charge in [-0.1, -0.05) is 36.9 Å². The molecule has 0 radical (unpaired) electrons. The van der Waals surface area contributed by atoms with E-state index in [-0.39, 0.29) is 18.1 Å². The zero-order valence-electron chi connectivity index (χ0n) is 13.5. The Labute approximate surface area is 132 Å². The Balaban J connectivity index is 2.31. The summed E-state index contributed by atoms with van der Waals surface area (Å²) >= 11 is 0. The highest BCUT2D eigenvalue weighted by Gasteiger charge is 2.36. The van der Waals surface area contributed by atoms with Crippen molar-refractivity contribution < 1.29 is 14.3 Å². The molecule has 0 aromatic heterocycles. The van der Waals surface area contributed by atoms with Crippen LogP contribution in [0, 0.1) is 0 Å². The summed E-state index contributed by atoms with van der Waals surface area (Å²) in [4.78, 5) is 14.1. The Bertz CT molecular complexity index is 500. The first-order valence-electron chi connectivity index (χ1n) is 7.90. The monoisotopic (exact) mass is 303 g/mol. The second-order valence-electron chi connectivity index (χ2n) is 5.51. The van der Waals surface area contributed by atoms with Gasteiger partial charge in [0.15, 0.2) is 0 Å². The smallest absolute Gasteiger partial charge is 0.410 e. The number of hydrogen-bond acceptors (Lipinski definition) is 3. The number of rotatable bonds is 5. The minimum atomic E-state index is -0.239. The summed E-state index contributed by atoms with van der Waals surface area (Å²) in [6.45, 7) is 7.01. The van der Waals surface area contributed by atoms with Gasteiger partial charge in [-0.3, -0.25) is 0 Å². The molecule has 1 amide bonds. The van der Waals surface area contributed by atoms with Crippen LogP contribution in [0.2, 0.25) is 0 Å². The van der Waals surface area contributed by atoms with Crippen LogP contribution in [0.3, 0.4) is 0 Å². The quantitative estimate of drug-likeness (QED) is 0.773. The van der Waals surface area contributed by atoms with Gasteiger partial charge in [-0.2, -0.15) is 0 Å². The van der Waals surface area contributed by atoms with Gasteiger partial charge in [-0.25, -0.2) is 4.79 Å². The Morgan fingerprint density at radius 2 is 2.09 bits per heavy atom. The second-order valence-corrected chi connectivity index (χ2v) is 5.51. The van der Waals surface area contributed by atoms with E-state index in [1.54, 1.807) is 7.11 Å². The number of nitrogens with zero attached hydrogens (tertiary/aromatic N) is 1. The van der Waals surface area contributed by atoms with E-state index in [1.807, 2.05) is 30.0 Å². The third kappa shape index (κ3) is 3.62. The average molecular weight is 303 g/mol. The molecule has 1 aromatic rings. The molecule has 0 spiro atoms. The van der Waals surface area contributed by atoms with E-state index in [4.69, 9.17) is 9.47 Å². The van der Waals surface area contributed by atoms with E-state index in [1.165, 1.54) is 0 Å². The standard InChI is InChI=1S/C18H25NO3/c1-4-22-18(20)19-13-9-8-12-16(19)17(14(2)21-3)15-10-6-5-7-11-15/h5-7,10-11,16-17H,2,4,8-9,12-13H2,1,3H3. The van der Waals surface area contributed by atoms with Crippen molar-refractivity contribution in [3.63, 3.8) is 0 Å². The molecule has 0 N–H and O–H groups in total. The molecule has 4 nitrogen and oxygen atoms in total. The molecular weight excluding hydrogens is 278 g/mol. The summed E-state index contributed by atoms with van der Waals surface area (Å²) < 4.78 is 10.7. The number of benzene rings is 1. The van der Waals surface area contributed by atoms with E-state index in [0.717, 1.165) is 31.4 Å². The number of piperidine rings is 1. The second kappa shape index (κ2) is 7.87. The minimum Gasteiger partial charge on any atom is -0.501 e. The largest absolute Gasteiger partial charge is 0.501 e. The lowest BCUT2D eigenvalue weighted by atomic mass is 9.84. The first kappa shape index (κ1) is 16.4. The van der Waals surface area contributed by atoms with Gasteiger partial charge in [-0.15, -0.1) is 0 Å². The maximum absolute atomic E-state index is 12.3. The molecule has 120 valence electrons. The van der Waals surface area contributed by atoms with Gasteiger partial charge in [0.25, 0.3) is 0 Å². The number of carbonyl (C=O) groups excluding carboxylic acids is 1. The number of ether oxygens (including phenoxy) is 2. The highest BCUT2D eigenvalue weighted by Crippen LogP contribution is 2.35. The number of likely N-dealkylation sites (tertiary alicyclic amines) is 1. The van der Waals surface area contributed by atoms with Crippen molar-refractivity contribution >= 4 is 6.09 Å². The van der Waals surface area contributed by atoms with Crippen molar-refractivity contribution in [1.29, 1.82) is 0 Å². The van der Waals surface area contributed by atoms with Crippen LogP contribution in [0.25, 0.3) is 0 Å². The summed E-state index contributed by atoms with van der Waals surface area (Å²) in [5.74, 6) is 0.656. The van der Waals surface area contributed by atoms with Crippen LogP contribution in [0.1, 0.15) is 37.7 Å². The lowest BCUT2D eigenvalue weighted by Crippen LogP contribution is -2.47. The van der Waals surface area contributed by atoms with Crippen LogP contribution in [0.5, 0.6) is 0 Å². The molecule has 1 heterocycles. The van der Waals surface area contributed by atoms with Gasteiger partial charge in [0, 0.05) is 12.6 Å². The van der Waals surface area contributed by atoms with Gasteiger partial charge in [-0.05, 0) is 31.7 Å².